The zero-order valence-electron chi connectivity index (χ0n) is 12.0. The fourth-order valence-electron chi connectivity index (χ4n) is 2.31. The number of methoxy groups -OCH3 is 1. The summed E-state index contributed by atoms with van der Waals surface area (Å²) in [7, 11) is 1.62. The molecule has 5 heteroatoms. The maximum Gasteiger partial charge on any atom is 0.137 e. The fraction of sp³-hybridized carbons (Fsp3) is 0.250. The lowest BCUT2D eigenvalue weighted by Crippen LogP contribution is -2.30. The number of rotatable bonds is 5. The smallest absolute Gasteiger partial charge is 0.137 e. The molecule has 2 aromatic carbocycles. The van der Waals surface area contributed by atoms with Gasteiger partial charge in [-0.1, -0.05) is 29.8 Å². The van der Waals surface area contributed by atoms with Gasteiger partial charge in [-0.3, -0.25) is 11.3 Å². The minimum Gasteiger partial charge on any atom is -0.496 e. The van der Waals surface area contributed by atoms with Crippen molar-refractivity contribution in [2.24, 2.45) is 5.84 Å². The molecule has 0 heterocycles. The molecule has 0 aliphatic rings. The van der Waals surface area contributed by atoms with Crippen molar-refractivity contribution in [3.63, 3.8) is 0 Å². The highest BCUT2D eigenvalue weighted by atomic mass is 79.9. The highest BCUT2D eigenvalue weighted by Crippen LogP contribution is 2.30. The summed E-state index contributed by atoms with van der Waals surface area (Å²) < 4.78 is 19.5. The maximum absolute atomic E-state index is 13.6. The zero-order chi connectivity index (χ0) is 15.4. The van der Waals surface area contributed by atoms with Crippen LogP contribution in [0.3, 0.4) is 0 Å². The van der Waals surface area contributed by atoms with Crippen molar-refractivity contribution in [2.45, 2.75) is 19.4 Å². The number of hydrogen-bond donors (Lipinski definition) is 2. The second kappa shape index (κ2) is 7.02. The monoisotopic (exact) mass is 352 g/mol. The van der Waals surface area contributed by atoms with Crippen LogP contribution in [0.5, 0.6) is 5.75 Å². The maximum atomic E-state index is 13.6. The summed E-state index contributed by atoms with van der Waals surface area (Å²) in [6.45, 7) is 2.01. The first-order valence-electron chi connectivity index (χ1n) is 6.60. The molecule has 1 atom stereocenters. The summed E-state index contributed by atoms with van der Waals surface area (Å²) in [5, 5.41) is 0. The molecule has 3 nitrogen and oxygen atoms in total. The summed E-state index contributed by atoms with van der Waals surface area (Å²) >= 11 is 3.29. The molecule has 0 aromatic heterocycles. The van der Waals surface area contributed by atoms with E-state index < -0.39 is 0 Å². The molecule has 21 heavy (non-hydrogen) atoms. The van der Waals surface area contributed by atoms with Crippen LogP contribution < -0.4 is 16.0 Å². The van der Waals surface area contributed by atoms with Gasteiger partial charge in [0.25, 0.3) is 0 Å². The second-order valence-electron chi connectivity index (χ2n) is 4.88. The van der Waals surface area contributed by atoms with Crippen LogP contribution in [0.2, 0.25) is 0 Å². The summed E-state index contributed by atoms with van der Waals surface area (Å²) in [6.07, 6.45) is 0.550. The van der Waals surface area contributed by atoms with Crippen molar-refractivity contribution in [2.75, 3.05) is 7.11 Å². The molecule has 0 aliphatic heterocycles. The van der Waals surface area contributed by atoms with E-state index in [0.717, 1.165) is 22.4 Å². The van der Waals surface area contributed by atoms with Crippen LogP contribution >= 0.6 is 15.9 Å². The Kier molecular flexibility index (Phi) is 5.33. The van der Waals surface area contributed by atoms with Gasteiger partial charge in [0.2, 0.25) is 0 Å². The number of nitrogens with one attached hydrogen (secondary N) is 1. The van der Waals surface area contributed by atoms with Gasteiger partial charge in [0.15, 0.2) is 0 Å². The number of benzene rings is 2. The van der Waals surface area contributed by atoms with Crippen LogP contribution in [0.1, 0.15) is 22.7 Å². The highest BCUT2D eigenvalue weighted by molar-refractivity contribution is 9.10. The van der Waals surface area contributed by atoms with E-state index in [-0.39, 0.29) is 11.9 Å². The molecular formula is C16H18BrFN2O. The van der Waals surface area contributed by atoms with Gasteiger partial charge in [-0.15, -0.1) is 0 Å². The molecule has 2 aromatic rings. The lowest BCUT2D eigenvalue weighted by molar-refractivity contribution is 0.398. The van der Waals surface area contributed by atoms with Gasteiger partial charge in [0, 0.05) is 5.56 Å². The Bertz CT molecular complexity index is 634. The number of ether oxygens (including phenoxy) is 1. The normalized spacial score (nSPS) is 12.2. The lowest BCUT2D eigenvalue weighted by Gasteiger charge is -2.20. The van der Waals surface area contributed by atoms with E-state index in [1.807, 2.05) is 31.2 Å². The Balaban J connectivity index is 2.36. The van der Waals surface area contributed by atoms with Gasteiger partial charge in [0.05, 0.1) is 17.6 Å². The third kappa shape index (κ3) is 3.61. The predicted molar refractivity (Wildman–Crippen MR) is 85.6 cm³/mol. The predicted octanol–water partition coefficient (Wildman–Crippen LogP) is 3.65. The molecule has 0 amide bonds. The first-order chi connectivity index (χ1) is 10.1. The van der Waals surface area contributed by atoms with E-state index >= 15 is 0 Å². The van der Waals surface area contributed by atoms with Crippen LogP contribution in [0.15, 0.2) is 40.9 Å². The van der Waals surface area contributed by atoms with Gasteiger partial charge in [-0.25, -0.2) is 4.39 Å². The van der Waals surface area contributed by atoms with Gasteiger partial charge < -0.3 is 4.74 Å². The van der Waals surface area contributed by atoms with Crippen LogP contribution in [0.25, 0.3) is 0 Å². The first kappa shape index (κ1) is 15.9. The summed E-state index contributed by atoms with van der Waals surface area (Å²) in [5.74, 6) is 6.18. The third-order valence-electron chi connectivity index (χ3n) is 3.42. The topological polar surface area (TPSA) is 47.3 Å². The molecular weight excluding hydrogens is 335 g/mol. The molecule has 0 saturated heterocycles. The Morgan fingerprint density at radius 3 is 2.76 bits per heavy atom. The fourth-order valence-corrected chi connectivity index (χ4v) is 2.74. The van der Waals surface area contributed by atoms with Crippen molar-refractivity contribution in [1.29, 1.82) is 0 Å². The molecule has 0 fully saturated rings. The number of halogens is 2. The molecule has 3 N–H and O–H groups in total. The molecule has 112 valence electrons. The van der Waals surface area contributed by atoms with E-state index in [9.17, 15) is 4.39 Å². The van der Waals surface area contributed by atoms with Gasteiger partial charge in [-0.05, 0) is 47.0 Å². The number of nitrogens with two attached hydrogens (primary N) is 1. The Morgan fingerprint density at radius 2 is 2.10 bits per heavy atom. The lowest BCUT2D eigenvalue weighted by atomic mass is 9.97. The van der Waals surface area contributed by atoms with Crippen LogP contribution in [-0.4, -0.2) is 7.11 Å². The van der Waals surface area contributed by atoms with Crippen molar-refractivity contribution in [1.82, 2.24) is 5.43 Å². The third-order valence-corrected chi connectivity index (χ3v) is 4.31. The van der Waals surface area contributed by atoms with Crippen molar-refractivity contribution in [3.8, 4) is 5.75 Å². The molecule has 0 radical (unpaired) electrons. The van der Waals surface area contributed by atoms with Crippen LogP contribution in [-0.2, 0) is 6.42 Å². The number of hydrogen-bond acceptors (Lipinski definition) is 3. The largest absolute Gasteiger partial charge is 0.496 e. The summed E-state index contributed by atoms with van der Waals surface area (Å²) in [4.78, 5) is 0. The van der Waals surface area contributed by atoms with Crippen LogP contribution in [0, 0.1) is 12.7 Å². The van der Waals surface area contributed by atoms with E-state index in [0.29, 0.717) is 10.9 Å². The van der Waals surface area contributed by atoms with Crippen molar-refractivity contribution >= 4 is 15.9 Å². The molecule has 0 bridgehead atoms. The zero-order valence-corrected chi connectivity index (χ0v) is 13.6. The van der Waals surface area contributed by atoms with Gasteiger partial charge >= 0.3 is 0 Å². The van der Waals surface area contributed by atoms with Crippen molar-refractivity contribution < 1.29 is 9.13 Å². The number of hydrazine groups is 1. The molecule has 2 rings (SSSR count). The second-order valence-corrected chi connectivity index (χ2v) is 5.67. The summed E-state index contributed by atoms with van der Waals surface area (Å²) in [6, 6.07) is 10.7. The minimum absolute atomic E-state index is 0.169. The number of aryl methyl sites for hydroxylation is 1. The van der Waals surface area contributed by atoms with Gasteiger partial charge in [0.1, 0.15) is 11.6 Å². The summed E-state index contributed by atoms with van der Waals surface area (Å²) in [5.41, 5.74) is 5.71. The average molecular weight is 353 g/mol. The van der Waals surface area contributed by atoms with E-state index in [2.05, 4.69) is 21.4 Å². The molecule has 0 aliphatic carbocycles. The van der Waals surface area contributed by atoms with E-state index in [1.54, 1.807) is 13.2 Å². The first-order valence-corrected chi connectivity index (χ1v) is 7.39. The standard InChI is InChI=1S/C16H18BrFN2O/c1-10-6-7-15(21-2)12(8-10)14(20-19)9-11-4-3-5-13(18)16(11)17/h3-8,14,20H,9,19H2,1-2H3. The SMILES string of the molecule is COc1ccc(C)cc1C(Cc1cccc(F)c1Br)NN. The average Bonchev–Trinajstić information content (AvgIpc) is 2.49. The Hall–Kier alpha value is -1.43. The molecule has 0 spiro atoms. The van der Waals surface area contributed by atoms with E-state index in [4.69, 9.17) is 10.6 Å². The Labute approximate surface area is 132 Å². The molecule has 1 unspecified atom stereocenters. The highest BCUT2D eigenvalue weighted by Gasteiger charge is 2.18. The Morgan fingerprint density at radius 1 is 1.33 bits per heavy atom. The van der Waals surface area contributed by atoms with E-state index in [1.165, 1.54) is 6.07 Å². The minimum atomic E-state index is -0.278. The van der Waals surface area contributed by atoms with Crippen LogP contribution in [0.4, 0.5) is 4.39 Å². The molecule has 0 saturated carbocycles. The van der Waals surface area contributed by atoms with Gasteiger partial charge in [-0.2, -0.15) is 0 Å². The quantitative estimate of drug-likeness (QED) is 0.637. The van der Waals surface area contributed by atoms with Crippen molar-refractivity contribution in [3.05, 3.63) is 63.4 Å².